The lowest BCUT2D eigenvalue weighted by Crippen LogP contribution is -2.34. The van der Waals surface area contributed by atoms with Gasteiger partial charge >= 0.3 is 0 Å². The van der Waals surface area contributed by atoms with E-state index in [2.05, 4.69) is 5.32 Å². The van der Waals surface area contributed by atoms with Crippen LogP contribution >= 0.6 is 0 Å². The standard InChI is InChI=1S/C16H29NO2/c1-18-11-10-15(8-9-15)13-17-12-14-4-7-16(19-14)5-2-3-6-16/h14,17H,2-13H2,1H3. The third kappa shape index (κ3) is 3.32. The van der Waals surface area contributed by atoms with E-state index in [0.717, 1.165) is 19.7 Å². The summed E-state index contributed by atoms with van der Waals surface area (Å²) in [5.41, 5.74) is 0.847. The number of rotatable bonds is 7. The Morgan fingerprint density at radius 3 is 2.63 bits per heavy atom. The van der Waals surface area contributed by atoms with E-state index in [4.69, 9.17) is 9.47 Å². The average Bonchev–Trinajstić information content (AvgIpc) is 2.86. The molecule has 19 heavy (non-hydrogen) atoms. The van der Waals surface area contributed by atoms with E-state index in [0.29, 0.717) is 17.1 Å². The van der Waals surface area contributed by atoms with Crippen LogP contribution in [-0.2, 0) is 9.47 Å². The second-order valence-electron chi connectivity index (χ2n) is 7.04. The molecule has 1 heterocycles. The minimum Gasteiger partial charge on any atom is -0.385 e. The van der Waals surface area contributed by atoms with Gasteiger partial charge in [0.25, 0.3) is 0 Å². The summed E-state index contributed by atoms with van der Waals surface area (Å²) in [4.78, 5) is 0. The van der Waals surface area contributed by atoms with Crippen LogP contribution in [0.1, 0.15) is 57.8 Å². The van der Waals surface area contributed by atoms with Crippen LogP contribution in [0.25, 0.3) is 0 Å². The van der Waals surface area contributed by atoms with Crippen LogP contribution < -0.4 is 5.32 Å². The van der Waals surface area contributed by atoms with Crippen LogP contribution in [0.3, 0.4) is 0 Å². The quantitative estimate of drug-likeness (QED) is 0.769. The Bertz CT molecular complexity index is 295. The lowest BCUT2D eigenvalue weighted by molar-refractivity contribution is -0.0354. The summed E-state index contributed by atoms with van der Waals surface area (Å²) >= 11 is 0. The fourth-order valence-electron chi connectivity index (χ4n) is 3.94. The second kappa shape index (κ2) is 5.71. The van der Waals surface area contributed by atoms with E-state index in [1.807, 2.05) is 0 Å². The van der Waals surface area contributed by atoms with Gasteiger partial charge in [-0.25, -0.2) is 0 Å². The number of hydrogen-bond donors (Lipinski definition) is 1. The first-order chi connectivity index (χ1) is 9.26. The van der Waals surface area contributed by atoms with E-state index in [1.165, 1.54) is 57.8 Å². The van der Waals surface area contributed by atoms with Crippen molar-refractivity contribution in [2.75, 3.05) is 26.8 Å². The molecule has 2 saturated carbocycles. The number of ether oxygens (including phenoxy) is 2. The van der Waals surface area contributed by atoms with E-state index in [9.17, 15) is 0 Å². The Morgan fingerprint density at radius 1 is 1.16 bits per heavy atom. The van der Waals surface area contributed by atoms with Crippen molar-refractivity contribution < 1.29 is 9.47 Å². The third-order valence-corrected chi connectivity index (χ3v) is 5.52. The van der Waals surface area contributed by atoms with Gasteiger partial charge in [-0.15, -0.1) is 0 Å². The minimum atomic E-state index is 0.291. The van der Waals surface area contributed by atoms with Crippen LogP contribution in [0.5, 0.6) is 0 Å². The van der Waals surface area contributed by atoms with Crippen molar-refractivity contribution >= 4 is 0 Å². The highest BCUT2D eigenvalue weighted by Gasteiger charge is 2.43. The molecular weight excluding hydrogens is 238 g/mol. The molecule has 3 heteroatoms. The largest absolute Gasteiger partial charge is 0.385 e. The molecule has 1 unspecified atom stereocenters. The highest BCUT2D eigenvalue weighted by Crippen LogP contribution is 2.48. The number of methoxy groups -OCH3 is 1. The maximum Gasteiger partial charge on any atom is 0.0708 e. The zero-order valence-electron chi connectivity index (χ0n) is 12.4. The van der Waals surface area contributed by atoms with Crippen molar-refractivity contribution in [3.63, 3.8) is 0 Å². The van der Waals surface area contributed by atoms with E-state index < -0.39 is 0 Å². The molecule has 1 N–H and O–H groups in total. The van der Waals surface area contributed by atoms with Crippen molar-refractivity contribution in [1.29, 1.82) is 0 Å². The minimum absolute atomic E-state index is 0.291. The van der Waals surface area contributed by atoms with Gasteiger partial charge in [-0.05, 0) is 50.4 Å². The van der Waals surface area contributed by atoms with Gasteiger partial charge in [0, 0.05) is 26.8 Å². The molecule has 1 saturated heterocycles. The topological polar surface area (TPSA) is 30.5 Å². The Balaban J connectivity index is 1.35. The van der Waals surface area contributed by atoms with Gasteiger partial charge in [0.05, 0.1) is 11.7 Å². The second-order valence-corrected chi connectivity index (χ2v) is 7.04. The van der Waals surface area contributed by atoms with Gasteiger partial charge in [-0.3, -0.25) is 0 Å². The van der Waals surface area contributed by atoms with Gasteiger partial charge < -0.3 is 14.8 Å². The van der Waals surface area contributed by atoms with E-state index >= 15 is 0 Å². The number of hydrogen-bond acceptors (Lipinski definition) is 3. The fourth-order valence-corrected chi connectivity index (χ4v) is 3.94. The lowest BCUT2D eigenvalue weighted by Gasteiger charge is -2.24. The molecule has 0 radical (unpaired) electrons. The lowest BCUT2D eigenvalue weighted by atomic mass is 9.98. The van der Waals surface area contributed by atoms with E-state index in [-0.39, 0.29) is 0 Å². The molecule has 1 spiro atoms. The van der Waals surface area contributed by atoms with Gasteiger partial charge in [0.15, 0.2) is 0 Å². The van der Waals surface area contributed by atoms with Gasteiger partial charge in [0.1, 0.15) is 0 Å². The van der Waals surface area contributed by atoms with Gasteiger partial charge in [0.2, 0.25) is 0 Å². The Hall–Kier alpha value is -0.120. The first-order valence-corrected chi connectivity index (χ1v) is 8.14. The van der Waals surface area contributed by atoms with Crippen LogP contribution in [0.2, 0.25) is 0 Å². The zero-order valence-corrected chi connectivity index (χ0v) is 12.4. The molecule has 1 atom stereocenters. The highest BCUT2D eigenvalue weighted by atomic mass is 16.5. The molecule has 0 aromatic carbocycles. The van der Waals surface area contributed by atoms with Crippen LogP contribution in [0, 0.1) is 5.41 Å². The molecule has 0 bridgehead atoms. The predicted molar refractivity (Wildman–Crippen MR) is 76.3 cm³/mol. The monoisotopic (exact) mass is 267 g/mol. The zero-order chi connectivity index (χ0) is 13.2. The van der Waals surface area contributed by atoms with Crippen LogP contribution in [0.15, 0.2) is 0 Å². The molecule has 3 nitrogen and oxygen atoms in total. The molecule has 3 fully saturated rings. The van der Waals surface area contributed by atoms with Crippen molar-refractivity contribution in [2.24, 2.45) is 5.41 Å². The normalized spacial score (nSPS) is 31.1. The van der Waals surface area contributed by atoms with Crippen molar-refractivity contribution in [2.45, 2.75) is 69.5 Å². The first-order valence-electron chi connectivity index (χ1n) is 8.14. The van der Waals surface area contributed by atoms with Crippen LogP contribution in [-0.4, -0.2) is 38.5 Å². The van der Waals surface area contributed by atoms with Crippen molar-refractivity contribution in [3.8, 4) is 0 Å². The summed E-state index contributed by atoms with van der Waals surface area (Å²) in [6, 6.07) is 0. The molecule has 3 aliphatic rings. The van der Waals surface area contributed by atoms with Gasteiger partial charge in [-0.2, -0.15) is 0 Å². The summed E-state index contributed by atoms with van der Waals surface area (Å²) < 4.78 is 11.5. The summed E-state index contributed by atoms with van der Waals surface area (Å²) in [5, 5.41) is 3.66. The highest BCUT2D eigenvalue weighted by molar-refractivity contribution is 4.96. The molecule has 0 aromatic heterocycles. The fraction of sp³-hybridized carbons (Fsp3) is 1.00. The summed E-state index contributed by atoms with van der Waals surface area (Å²) in [6.07, 6.45) is 12.4. The molecule has 110 valence electrons. The average molecular weight is 267 g/mol. The predicted octanol–water partition coefficient (Wildman–Crippen LogP) is 2.88. The van der Waals surface area contributed by atoms with Crippen molar-refractivity contribution in [1.82, 2.24) is 5.32 Å². The third-order valence-electron chi connectivity index (χ3n) is 5.52. The molecule has 2 aliphatic carbocycles. The Morgan fingerprint density at radius 2 is 1.95 bits per heavy atom. The summed E-state index contributed by atoms with van der Waals surface area (Å²) in [7, 11) is 1.80. The Labute approximate surface area is 117 Å². The van der Waals surface area contributed by atoms with E-state index in [1.54, 1.807) is 7.11 Å². The molecule has 1 aliphatic heterocycles. The molecule has 0 aromatic rings. The van der Waals surface area contributed by atoms with Crippen molar-refractivity contribution in [3.05, 3.63) is 0 Å². The van der Waals surface area contributed by atoms with Gasteiger partial charge in [-0.1, -0.05) is 12.8 Å². The summed E-state index contributed by atoms with van der Waals surface area (Å²) in [6.45, 7) is 3.12. The maximum atomic E-state index is 6.34. The molecular formula is C16H29NO2. The Kier molecular flexibility index (Phi) is 4.16. The summed E-state index contributed by atoms with van der Waals surface area (Å²) in [5.74, 6) is 0. The SMILES string of the molecule is COCCC1(CNCC2CCC3(CCCC3)O2)CC1. The first kappa shape index (κ1) is 13.8. The number of nitrogens with one attached hydrogen (secondary N) is 1. The maximum absolute atomic E-state index is 6.34. The molecule has 3 rings (SSSR count). The van der Waals surface area contributed by atoms with Crippen LogP contribution in [0.4, 0.5) is 0 Å². The molecule has 0 amide bonds. The smallest absolute Gasteiger partial charge is 0.0708 e.